The summed E-state index contributed by atoms with van der Waals surface area (Å²) >= 11 is 0. The predicted octanol–water partition coefficient (Wildman–Crippen LogP) is 3.46. The molecule has 7 atom stereocenters. The first-order valence-electron chi connectivity index (χ1n) is 7.85. The maximum Gasteiger partial charge on any atom is 0.295 e. The fourth-order valence-corrected chi connectivity index (χ4v) is 6.42. The van der Waals surface area contributed by atoms with Crippen LogP contribution in [-0.2, 0) is 9.22 Å². The summed E-state index contributed by atoms with van der Waals surface area (Å²) < 4.78 is 5.78. The van der Waals surface area contributed by atoms with E-state index in [-0.39, 0.29) is 11.9 Å². The zero-order valence-electron chi connectivity index (χ0n) is 12.1. The Morgan fingerprint density at radius 2 is 1.74 bits per heavy atom. The second-order valence-corrected chi connectivity index (χ2v) is 12.6. The lowest BCUT2D eigenvalue weighted by atomic mass is 9.69. The summed E-state index contributed by atoms with van der Waals surface area (Å²) in [6.45, 7) is 6.34. The van der Waals surface area contributed by atoms with Crippen LogP contribution in [0.3, 0.4) is 0 Å². The van der Waals surface area contributed by atoms with Crippen LogP contribution in [0.4, 0.5) is 0 Å². The highest BCUT2D eigenvalue weighted by atomic mass is 28.4. The van der Waals surface area contributed by atoms with Crippen LogP contribution in [0.15, 0.2) is 12.2 Å². The molecule has 104 valence electrons. The van der Waals surface area contributed by atoms with Crippen LogP contribution in [0, 0.1) is 41.4 Å². The van der Waals surface area contributed by atoms with E-state index in [1.807, 2.05) is 0 Å². The second-order valence-electron chi connectivity index (χ2n) is 8.14. The van der Waals surface area contributed by atoms with Crippen molar-refractivity contribution in [3.63, 3.8) is 0 Å². The van der Waals surface area contributed by atoms with Gasteiger partial charge in [-0.2, -0.15) is 0 Å². The molecule has 2 nitrogen and oxygen atoms in total. The van der Waals surface area contributed by atoms with Gasteiger partial charge in [0.05, 0.1) is 5.92 Å². The Morgan fingerprint density at radius 3 is 2.42 bits per heavy atom. The molecule has 4 aliphatic carbocycles. The van der Waals surface area contributed by atoms with Gasteiger partial charge in [-0.05, 0) is 74.4 Å². The zero-order valence-corrected chi connectivity index (χ0v) is 13.1. The van der Waals surface area contributed by atoms with Gasteiger partial charge in [0.1, 0.15) is 0 Å². The maximum atomic E-state index is 12.4. The highest BCUT2D eigenvalue weighted by Gasteiger charge is 2.62. The molecule has 19 heavy (non-hydrogen) atoms. The van der Waals surface area contributed by atoms with Crippen molar-refractivity contribution in [1.29, 1.82) is 0 Å². The average molecular weight is 276 g/mol. The molecule has 3 saturated carbocycles. The van der Waals surface area contributed by atoms with Gasteiger partial charge in [-0.1, -0.05) is 12.2 Å². The lowest BCUT2D eigenvalue weighted by Crippen LogP contribution is -2.39. The van der Waals surface area contributed by atoms with E-state index >= 15 is 0 Å². The molecule has 3 heteroatoms. The van der Waals surface area contributed by atoms with Crippen LogP contribution in [0.25, 0.3) is 0 Å². The maximum absolute atomic E-state index is 12.4. The van der Waals surface area contributed by atoms with Gasteiger partial charge in [-0.25, -0.2) is 0 Å². The molecule has 0 aromatic rings. The number of hydrogen-bond donors (Lipinski definition) is 0. The molecule has 0 aromatic heterocycles. The third-order valence-corrected chi connectivity index (χ3v) is 6.79. The van der Waals surface area contributed by atoms with Gasteiger partial charge < -0.3 is 4.43 Å². The van der Waals surface area contributed by atoms with Gasteiger partial charge in [0.25, 0.3) is 5.97 Å². The van der Waals surface area contributed by atoms with Crippen LogP contribution < -0.4 is 0 Å². The van der Waals surface area contributed by atoms with E-state index in [9.17, 15) is 4.79 Å². The monoisotopic (exact) mass is 276 g/mol. The SMILES string of the molecule is C[Si](C)(C)OC(=O)C1CC2CC1C1C3C=CC(C3)C21. The Kier molecular flexibility index (Phi) is 2.40. The zero-order chi connectivity index (χ0) is 13.4. The number of rotatable bonds is 2. The lowest BCUT2D eigenvalue weighted by molar-refractivity contribution is -0.142. The van der Waals surface area contributed by atoms with Crippen molar-refractivity contribution < 1.29 is 9.22 Å². The fourth-order valence-electron chi connectivity index (χ4n) is 5.66. The van der Waals surface area contributed by atoms with Gasteiger partial charge in [0.15, 0.2) is 0 Å². The summed E-state index contributed by atoms with van der Waals surface area (Å²) in [5.74, 6) is 5.17. The Bertz CT molecular complexity index is 450. The normalized spacial score (nSPS) is 49.7. The van der Waals surface area contributed by atoms with E-state index in [4.69, 9.17) is 4.43 Å². The quantitative estimate of drug-likeness (QED) is 0.438. The highest BCUT2D eigenvalue weighted by Crippen LogP contribution is 2.67. The molecular weight excluding hydrogens is 252 g/mol. The molecule has 0 aromatic carbocycles. The van der Waals surface area contributed by atoms with Crippen molar-refractivity contribution in [3.8, 4) is 0 Å². The first-order chi connectivity index (χ1) is 8.94. The molecule has 4 rings (SSSR count). The minimum absolute atomic E-state index is 0.136. The van der Waals surface area contributed by atoms with Gasteiger partial charge in [-0.3, -0.25) is 4.79 Å². The topological polar surface area (TPSA) is 26.3 Å². The highest BCUT2D eigenvalue weighted by molar-refractivity contribution is 6.71. The number of carbonyl (C=O) groups is 1. The van der Waals surface area contributed by atoms with Gasteiger partial charge >= 0.3 is 0 Å². The third-order valence-electron chi connectivity index (χ3n) is 5.98. The molecular formula is C16H24O2Si. The molecule has 4 aliphatic rings. The van der Waals surface area contributed by atoms with Crippen LogP contribution in [0.5, 0.6) is 0 Å². The van der Waals surface area contributed by atoms with Gasteiger partial charge in [-0.15, -0.1) is 0 Å². The lowest BCUT2D eigenvalue weighted by Gasteiger charge is -2.36. The van der Waals surface area contributed by atoms with Crippen molar-refractivity contribution in [2.75, 3.05) is 0 Å². The summed E-state index contributed by atoms with van der Waals surface area (Å²) in [5.41, 5.74) is 0. The average Bonchev–Trinajstić information content (AvgIpc) is 3.04. The molecule has 0 amide bonds. The van der Waals surface area contributed by atoms with Crippen molar-refractivity contribution in [2.45, 2.75) is 38.9 Å². The van der Waals surface area contributed by atoms with E-state index in [0.717, 1.165) is 36.0 Å². The van der Waals surface area contributed by atoms with Crippen molar-refractivity contribution in [1.82, 2.24) is 0 Å². The van der Waals surface area contributed by atoms with E-state index < -0.39 is 8.32 Å². The minimum atomic E-state index is -1.73. The summed E-state index contributed by atoms with van der Waals surface area (Å²) in [6.07, 6.45) is 8.69. The third kappa shape index (κ3) is 1.70. The summed E-state index contributed by atoms with van der Waals surface area (Å²) in [7, 11) is -1.73. The summed E-state index contributed by atoms with van der Waals surface area (Å²) in [4.78, 5) is 12.4. The van der Waals surface area contributed by atoms with Crippen LogP contribution in [-0.4, -0.2) is 14.3 Å². The summed E-state index contributed by atoms with van der Waals surface area (Å²) in [5, 5.41) is 0. The van der Waals surface area contributed by atoms with Crippen LogP contribution in [0.1, 0.15) is 19.3 Å². The van der Waals surface area contributed by atoms with Crippen molar-refractivity contribution in [3.05, 3.63) is 12.2 Å². The first-order valence-corrected chi connectivity index (χ1v) is 11.3. The number of allylic oxidation sites excluding steroid dienone is 2. The molecule has 3 fully saturated rings. The molecule has 0 spiro atoms. The van der Waals surface area contributed by atoms with Crippen LogP contribution >= 0.6 is 0 Å². The standard InChI is InChI=1S/C16H24O2Si/c1-19(2,3)18-16(17)13-8-11-7-12(13)15-10-5-4-9(6-10)14(11)15/h4-5,9-15H,6-8H2,1-3H3. The Morgan fingerprint density at radius 1 is 1.05 bits per heavy atom. The summed E-state index contributed by atoms with van der Waals surface area (Å²) in [6, 6.07) is 0. The Labute approximate surface area is 116 Å². The fraction of sp³-hybridized carbons (Fsp3) is 0.812. The van der Waals surface area contributed by atoms with Crippen molar-refractivity contribution in [2.24, 2.45) is 41.4 Å². The van der Waals surface area contributed by atoms with E-state index in [2.05, 4.69) is 31.8 Å². The van der Waals surface area contributed by atoms with E-state index in [1.54, 1.807) is 0 Å². The molecule has 0 heterocycles. The van der Waals surface area contributed by atoms with E-state index in [0.29, 0.717) is 5.92 Å². The number of carbonyl (C=O) groups excluding carboxylic acids is 1. The smallest absolute Gasteiger partial charge is 0.295 e. The largest absolute Gasteiger partial charge is 0.520 e. The van der Waals surface area contributed by atoms with Gasteiger partial charge in [0.2, 0.25) is 8.32 Å². The Balaban J connectivity index is 1.54. The van der Waals surface area contributed by atoms with Crippen molar-refractivity contribution >= 4 is 14.3 Å². The second kappa shape index (κ2) is 3.75. The molecule has 0 aliphatic heterocycles. The molecule has 4 bridgehead atoms. The molecule has 0 saturated heterocycles. The van der Waals surface area contributed by atoms with Crippen LogP contribution in [0.2, 0.25) is 19.6 Å². The number of hydrogen-bond acceptors (Lipinski definition) is 2. The molecule has 0 radical (unpaired) electrons. The van der Waals surface area contributed by atoms with Gasteiger partial charge in [0, 0.05) is 0 Å². The molecule has 0 N–H and O–H groups in total. The first kappa shape index (κ1) is 12.2. The molecule has 7 unspecified atom stereocenters. The predicted molar refractivity (Wildman–Crippen MR) is 76.9 cm³/mol. The van der Waals surface area contributed by atoms with E-state index in [1.165, 1.54) is 12.8 Å². The number of fused-ring (bicyclic) bond motifs is 9. The minimum Gasteiger partial charge on any atom is -0.520 e. The Hall–Kier alpha value is -0.573.